The molecule has 0 saturated carbocycles. The molecule has 1 atom stereocenters. The molecule has 0 fully saturated rings. The van der Waals surface area contributed by atoms with Crippen LogP contribution in [0.2, 0.25) is 0 Å². The molecule has 2 aromatic heterocycles. The maximum Gasteiger partial charge on any atom is 0.471 e. The number of carbonyl (C=O) groups is 1. The van der Waals surface area contributed by atoms with Crippen molar-refractivity contribution in [2.75, 3.05) is 46.4 Å². The summed E-state index contributed by atoms with van der Waals surface area (Å²) in [6, 6.07) is 0. The third kappa shape index (κ3) is 9.71. The van der Waals surface area contributed by atoms with Crippen molar-refractivity contribution in [3.8, 4) is 11.8 Å². The Morgan fingerprint density at radius 1 is 1.43 bits per heavy atom. The second-order valence-corrected chi connectivity index (χ2v) is 13.0. The molecule has 3 heterocycles. The number of hydrogen-bond acceptors (Lipinski definition) is 10. The molecule has 2 aromatic rings. The second kappa shape index (κ2) is 15.4. The van der Waals surface area contributed by atoms with Crippen LogP contribution >= 0.6 is 21.6 Å². The molecule has 12 nitrogen and oxygen atoms in total. The average Bonchev–Trinajstić information content (AvgIpc) is 3.53. The number of halogens is 3. The molecule has 17 heteroatoms. The maximum absolute atomic E-state index is 13.1. The number of aliphatic hydroxyl groups excluding tert-OH is 1. The molecule has 3 rings (SSSR count). The quantitative estimate of drug-likeness (QED) is 0.0526. The summed E-state index contributed by atoms with van der Waals surface area (Å²) in [6.07, 6.45) is -0.662. The Hall–Kier alpha value is -3.59. The molecule has 0 aliphatic carbocycles. The summed E-state index contributed by atoms with van der Waals surface area (Å²) in [5, 5.41) is 11.9. The normalized spacial score (nSPS) is 15.3. The van der Waals surface area contributed by atoms with Crippen LogP contribution in [0.3, 0.4) is 0 Å². The van der Waals surface area contributed by atoms with Crippen LogP contribution in [-0.4, -0.2) is 94.1 Å². The standard InChI is InChI=1S/C27H33F3N6O6S2/c1-6-9-41-18-11-20(42-19(18)13-37)36-12-17(21-22(36)33-25(34-23(21)38)32-15-35(4)5)8-7-10-40-16-43-44-26(2,3)14-31-24(39)27(28,29)30/h6,12,15,20,37H,1,9-11,13-14,16H2,2-5H3,(H,31,39)(H,33,34,38)/t20-/m1/s1. The first-order valence-corrected chi connectivity index (χ1v) is 15.4. The van der Waals surface area contributed by atoms with Crippen molar-refractivity contribution in [1.82, 2.24) is 24.8 Å². The summed E-state index contributed by atoms with van der Waals surface area (Å²) in [5.74, 6) is 4.77. The van der Waals surface area contributed by atoms with Gasteiger partial charge in [-0.05, 0) is 13.8 Å². The molecule has 1 aliphatic heterocycles. The largest absolute Gasteiger partial charge is 0.490 e. The minimum absolute atomic E-state index is 0.00228. The number of nitrogens with zero attached hydrogens (tertiary/aromatic N) is 4. The predicted molar refractivity (Wildman–Crippen MR) is 163 cm³/mol. The van der Waals surface area contributed by atoms with Gasteiger partial charge in [-0.2, -0.15) is 18.2 Å². The van der Waals surface area contributed by atoms with E-state index in [4.69, 9.17) is 14.2 Å². The SMILES string of the molecule is C=CCOC1=C(CO)O[C@@H](n2cc(C#CCOCSSC(C)(C)CNC(=O)C(F)(F)F)c3c(=O)[nH]c(N=CN(C)C)nc32)C1. The van der Waals surface area contributed by atoms with Crippen LogP contribution in [0.5, 0.6) is 0 Å². The number of fused-ring (bicyclic) bond motifs is 1. The van der Waals surface area contributed by atoms with Gasteiger partial charge in [-0.1, -0.05) is 46.1 Å². The van der Waals surface area contributed by atoms with Crippen molar-refractivity contribution in [3.63, 3.8) is 0 Å². The van der Waals surface area contributed by atoms with Gasteiger partial charge in [0, 0.05) is 31.6 Å². The number of H-pyrrole nitrogens is 1. The molecule has 1 amide bonds. The lowest BCUT2D eigenvalue weighted by molar-refractivity contribution is -0.173. The van der Waals surface area contributed by atoms with Gasteiger partial charge in [0.15, 0.2) is 17.6 Å². The van der Waals surface area contributed by atoms with E-state index in [1.165, 1.54) is 27.9 Å². The molecule has 1 aliphatic rings. The van der Waals surface area contributed by atoms with Gasteiger partial charge >= 0.3 is 12.1 Å². The van der Waals surface area contributed by atoms with Crippen molar-refractivity contribution in [1.29, 1.82) is 0 Å². The minimum atomic E-state index is -4.93. The van der Waals surface area contributed by atoms with Gasteiger partial charge < -0.3 is 29.5 Å². The molecule has 0 saturated heterocycles. The highest BCUT2D eigenvalue weighted by molar-refractivity contribution is 8.77. The van der Waals surface area contributed by atoms with E-state index in [0.29, 0.717) is 11.3 Å². The molecule has 3 N–H and O–H groups in total. The Bertz CT molecular complexity index is 1520. The number of nitrogens with one attached hydrogen (secondary N) is 2. The molecular weight excluding hydrogens is 625 g/mol. The van der Waals surface area contributed by atoms with Crippen molar-refractivity contribution in [2.45, 2.75) is 37.4 Å². The van der Waals surface area contributed by atoms with Crippen molar-refractivity contribution < 1.29 is 37.3 Å². The summed E-state index contributed by atoms with van der Waals surface area (Å²) < 4.78 is 55.3. The van der Waals surface area contributed by atoms with Crippen LogP contribution in [0.1, 0.15) is 32.1 Å². The molecule has 0 bridgehead atoms. The summed E-state index contributed by atoms with van der Waals surface area (Å²) in [5.41, 5.74) is 0.163. The molecule has 0 unspecified atom stereocenters. The van der Waals surface area contributed by atoms with E-state index >= 15 is 0 Å². The fourth-order valence-electron chi connectivity index (χ4n) is 3.68. The van der Waals surface area contributed by atoms with Crippen LogP contribution in [-0.2, 0) is 19.0 Å². The fraction of sp³-hybridized carbons (Fsp3) is 0.481. The van der Waals surface area contributed by atoms with E-state index in [-0.39, 0.29) is 61.5 Å². The first kappa shape index (κ1) is 34.9. The Kier molecular flexibility index (Phi) is 12.2. The van der Waals surface area contributed by atoms with E-state index in [1.807, 2.05) is 5.32 Å². The summed E-state index contributed by atoms with van der Waals surface area (Å²) in [7, 11) is 6.06. The highest BCUT2D eigenvalue weighted by Gasteiger charge is 2.39. The highest BCUT2D eigenvalue weighted by atomic mass is 33.1. The van der Waals surface area contributed by atoms with Crippen molar-refractivity contribution in [2.24, 2.45) is 4.99 Å². The van der Waals surface area contributed by atoms with E-state index in [0.717, 1.165) is 0 Å². The van der Waals surface area contributed by atoms with Gasteiger partial charge in [0.25, 0.3) is 5.56 Å². The molecule has 0 aromatic carbocycles. The van der Waals surface area contributed by atoms with E-state index < -0.39 is 28.6 Å². The molecule has 240 valence electrons. The summed E-state index contributed by atoms with van der Waals surface area (Å²) in [6.45, 7) is 6.68. The third-order valence-electron chi connectivity index (χ3n) is 5.60. The minimum Gasteiger partial charge on any atom is -0.490 e. The Balaban J connectivity index is 1.72. The van der Waals surface area contributed by atoms with Crippen LogP contribution in [0.25, 0.3) is 11.0 Å². The van der Waals surface area contributed by atoms with Crippen LogP contribution in [0.4, 0.5) is 19.1 Å². The summed E-state index contributed by atoms with van der Waals surface area (Å²) >= 11 is 0. The predicted octanol–water partition coefficient (Wildman–Crippen LogP) is 3.44. The molecular formula is C27H33F3N6O6S2. The number of aliphatic hydroxyl groups is 1. The van der Waals surface area contributed by atoms with E-state index in [1.54, 1.807) is 49.7 Å². The van der Waals surface area contributed by atoms with Crippen LogP contribution < -0.4 is 10.9 Å². The number of alkyl halides is 3. The van der Waals surface area contributed by atoms with Crippen molar-refractivity contribution in [3.05, 3.63) is 46.3 Å². The lowest BCUT2D eigenvalue weighted by atomic mass is 10.2. The number of aromatic nitrogens is 3. The maximum atomic E-state index is 13.1. The molecule has 44 heavy (non-hydrogen) atoms. The van der Waals surface area contributed by atoms with Crippen LogP contribution in [0, 0.1) is 11.8 Å². The van der Waals surface area contributed by atoms with E-state index in [2.05, 4.69) is 33.4 Å². The molecule has 0 spiro atoms. The number of rotatable bonds is 14. The van der Waals surface area contributed by atoms with Gasteiger partial charge in [0.05, 0.1) is 18.3 Å². The zero-order valence-electron chi connectivity index (χ0n) is 24.5. The van der Waals surface area contributed by atoms with Gasteiger partial charge in [-0.25, -0.2) is 4.99 Å². The molecule has 0 radical (unpaired) electrons. The first-order valence-electron chi connectivity index (χ1n) is 13.1. The van der Waals surface area contributed by atoms with Gasteiger partial charge in [-0.15, -0.1) is 0 Å². The smallest absolute Gasteiger partial charge is 0.471 e. The van der Waals surface area contributed by atoms with E-state index in [9.17, 15) is 27.9 Å². The van der Waals surface area contributed by atoms with Gasteiger partial charge in [-0.3, -0.25) is 19.1 Å². The first-order chi connectivity index (χ1) is 20.8. The third-order valence-corrected chi connectivity index (χ3v) is 8.58. The number of hydrogen-bond donors (Lipinski definition) is 3. The Morgan fingerprint density at radius 2 is 2.18 bits per heavy atom. The topological polar surface area (TPSA) is 143 Å². The second-order valence-electron chi connectivity index (χ2n) is 10.0. The number of aromatic amines is 1. The van der Waals surface area contributed by atoms with Gasteiger partial charge in [0.1, 0.15) is 36.9 Å². The zero-order chi connectivity index (χ0) is 32.5. The highest BCUT2D eigenvalue weighted by Crippen LogP contribution is 2.36. The monoisotopic (exact) mass is 658 g/mol. The number of ether oxygens (including phenoxy) is 3. The Labute approximate surface area is 259 Å². The Morgan fingerprint density at radius 3 is 2.84 bits per heavy atom. The number of carbonyl (C=O) groups excluding carboxylic acids is 1. The number of amides is 1. The average molecular weight is 659 g/mol. The lowest BCUT2D eigenvalue weighted by Gasteiger charge is -2.23. The zero-order valence-corrected chi connectivity index (χ0v) is 26.1. The van der Waals surface area contributed by atoms with Crippen molar-refractivity contribution >= 4 is 50.8 Å². The lowest BCUT2D eigenvalue weighted by Crippen LogP contribution is -2.42. The number of aliphatic imine (C=N–C) groups is 1. The van der Waals surface area contributed by atoms with Gasteiger partial charge in [0.2, 0.25) is 5.95 Å². The van der Waals surface area contributed by atoms with Crippen LogP contribution in [0.15, 0.2) is 40.2 Å². The fourth-order valence-corrected chi connectivity index (χ4v) is 5.81. The summed E-state index contributed by atoms with van der Waals surface area (Å²) in [4.78, 5) is 37.2.